The minimum atomic E-state index is -0.611. The molecule has 1 fully saturated rings. The summed E-state index contributed by atoms with van der Waals surface area (Å²) in [5, 5.41) is 8.19. The van der Waals surface area contributed by atoms with Crippen molar-refractivity contribution in [3.63, 3.8) is 0 Å². The quantitative estimate of drug-likeness (QED) is 0.563. The van der Waals surface area contributed by atoms with Gasteiger partial charge in [0, 0.05) is 39.2 Å². The predicted molar refractivity (Wildman–Crippen MR) is 101 cm³/mol. The third-order valence-corrected chi connectivity index (χ3v) is 4.65. The summed E-state index contributed by atoms with van der Waals surface area (Å²) < 4.78 is 5.43. The molecular weight excluding hydrogens is 348 g/mol. The van der Waals surface area contributed by atoms with Crippen LogP contribution in [0, 0.1) is 0 Å². The van der Waals surface area contributed by atoms with E-state index in [1.807, 2.05) is 29.2 Å². The van der Waals surface area contributed by atoms with Crippen molar-refractivity contribution in [2.45, 2.75) is 31.8 Å². The van der Waals surface area contributed by atoms with E-state index in [2.05, 4.69) is 16.0 Å². The van der Waals surface area contributed by atoms with E-state index in [4.69, 9.17) is 4.74 Å². The number of hydrogen-bond acceptors (Lipinski definition) is 5. The second-order valence-electron chi connectivity index (χ2n) is 6.43. The molecule has 2 atom stereocenters. The van der Waals surface area contributed by atoms with E-state index in [1.165, 1.54) is 6.92 Å². The first-order valence-electron chi connectivity index (χ1n) is 9.12. The first-order valence-corrected chi connectivity index (χ1v) is 9.12. The van der Waals surface area contributed by atoms with Gasteiger partial charge in [0.25, 0.3) is 0 Å². The molecule has 2 rings (SSSR count). The molecule has 3 N–H and O–H groups in total. The number of carbonyl (C=O) groups is 3. The average Bonchev–Trinajstić information content (AvgIpc) is 3.14. The van der Waals surface area contributed by atoms with Gasteiger partial charge in [-0.25, -0.2) is 0 Å². The molecule has 0 aromatic heterocycles. The number of para-hydroxylation sites is 1. The molecule has 3 amide bonds. The minimum absolute atomic E-state index is 0.136. The number of amides is 3. The van der Waals surface area contributed by atoms with Crippen molar-refractivity contribution < 1.29 is 19.1 Å². The second kappa shape index (κ2) is 9.91. The van der Waals surface area contributed by atoms with Gasteiger partial charge in [0.15, 0.2) is 0 Å². The molecule has 1 aromatic carbocycles. The third-order valence-electron chi connectivity index (χ3n) is 4.65. The Morgan fingerprint density at radius 2 is 1.93 bits per heavy atom. The SMILES string of the molecule is CNC(=O)[C@@H](c1ccccc1OC)N1CCC[C@H]1C(=O)NCCNC(C)=O. The predicted octanol–water partition coefficient (Wildman–Crippen LogP) is 0.199. The Morgan fingerprint density at radius 3 is 2.59 bits per heavy atom. The van der Waals surface area contributed by atoms with E-state index in [0.717, 1.165) is 12.0 Å². The monoisotopic (exact) mass is 376 g/mol. The molecule has 27 heavy (non-hydrogen) atoms. The molecule has 0 spiro atoms. The van der Waals surface area contributed by atoms with Crippen LogP contribution < -0.4 is 20.7 Å². The van der Waals surface area contributed by atoms with Gasteiger partial charge >= 0.3 is 0 Å². The molecule has 0 radical (unpaired) electrons. The normalized spacial score (nSPS) is 17.8. The van der Waals surface area contributed by atoms with Gasteiger partial charge in [-0.05, 0) is 18.9 Å². The van der Waals surface area contributed by atoms with Crippen LogP contribution in [0.5, 0.6) is 5.75 Å². The molecule has 1 aromatic rings. The van der Waals surface area contributed by atoms with Gasteiger partial charge in [0.1, 0.15) is 11.8 Å². The number of methoxy groups -OCH3 is 1. The summed E-state index contributed by atoms with van der Waals surface area (Å²) in [6.07, 6.45) is 1.50. The van der Waals surface area contributed by atoms with Crippen molar-refractivity contribution in [2.75, 3.05) is 33.8 Å². The Labute approximate surface area is 159 Å². The summed E-state index contributed by atoms with van der Waals surface area (Å²) in [7, 11) is 3.15. The van der Waals surface area contributed by atoms with E-state index in [0.29, 0.717) is 31.8 Å². The van der Waals surface area contributed by atoms with Gasteiger partial charge in [-0.3, -0.25) is 19.3 Å². The molecule has 0 unspecified atom stereocenters. The highest BCUT2D eigenvalue weighted by Gasteiger charge is 2.40. The van der Waals surface area contributed by atoms with Gasteiger partial charge < -0.3 is 20.7 Å². The van der Waals surface area contributed by atoms with E-state index >= 15 is 0 Å². The van der Waals surface area contributed by atoms with Crippen LogP contribution in [-0.2, 0) is 14.4 Å². The molecule has 1 heterocycles. The fraction of sp³-hybridized carbons (Fsp3) is 0.526. The Kier molecular flexibility index (Phi) is 7.60. The van der Waals surface area contributed by atoms with Crippen LogP contribution in [0.4, 0.5) is 0 Å². The summed E-state index contributed by atoms with van der Waals surface area (Å²) in [6.45, 7) is 2.79. The second-order valence-corrected chi connectivity index (χ2v) is 6.43. The molecular formula is C19H28N4O4. The molecule has 148 valence electrons. The molecule has 8 nitrogen and oxygen atoms in total. The topological polar surface area (TPSA) is 99.8 Å². The fourth-order valence-electron chi connectivity index (χ4n) is 3.42. The maximum absolute atomic E-state index is 12.7. The van der Waals surface area contributed by atoms with Crippen LogP contribution in [0.15, 0.2) is 24.3 Å². The van der Waals surface area contributed by atoms with Crippen LogP contribution >= 0.6 is 0 Å². The van der Waals surface area contributed by atoms with Crippen LogP contribution in [-0.4, -0.2) is 62.5 Å². The molecule has 0 saturated carbocycles. The number of carbonyl (C=O) groups excluding carboxylic acids is 3. The Hall–Kier alpha value is -2.61. The first-order chi connectivity index (χ1) is 13.0. The summed E-state index contributed by atoms with van der Waals surface area (Å²) >= 11 is 0. The van der Waals surface area contributed by atoms with E-state index in [-0.39, 0.29) is 17.7 Å². The van der Waals surface area contributed by atoms with Crippen molar-refractivity contribution >= 4 is 17.7 Å². The molecule has 8 heteroatoms. The number of hydrogen-bond donors (Lipinski definition) is 3. The lowest BCUT2D eigenvalue weighted by molar-refractivity contribution is -0.131. The average molecular weight is 376 g/mol. The number of benzene rings is 1. The number of rotatable bonds is 8. The standard InChI is InChI=1S/C19H28N4O4/c1-13(24)21-10-11-22-18(25)15-8-6-12-23(15)17(19(26)20-2)14-7-4-5-9-16(14)27-3/h4-5,7,9,15,17H,6,8,10-12H2,1-3H3,(H,20,26)(H,21,24)(H,22,25)/t15-,17+/m0/s1. The summed E-state index contributed by atoms with van der Waals surface area (Å²) in [6, 6.07) is 6.34. The van der Waals surface area contributed by atoms with Crippen molar-refractivity contribution in [3.05, 3.63) is 29.8 Å². The van der Waals surface area contributed by atoms with Gasteiger partial charge in [-0.2, -0.15) is 0 Å². The molecule has 0 bridgehead atoms. The van der Waals surface area contributed by atoms with Crippen LogP contribution in [0.3, 0.4) is 0 Å². The van der Waals surface area contributed by atoms with Crippen molar-refractivity contribution in [3.8, 4) is 5.75 Å². The number of likely N-dealkylation sites (N-methyl/N-ethyl adjacent to an activating group) is 1. The zero-order valence-electron chi connectivity index (χ0n) is 16.1. The molecule has 1 aliphatic rings. The smallest absolute Gasteiger partial charge is 0.241 e. The summed E-state index contributed by atoms with van der Waals surface area (Å²) in [4.78, 5) is 38.2. The Bertz CT molecular complexity index is 679. The number of likely N-dealkylation sites (tertiary alicyclic amines) is 1. The minimum Gasteiger partial charge on any atom is -0.496 e. The van der Waals surface area contributed by atoms with E-state index in [9.17, 15) is 14.4 Å². The lowest BCUT2D eigenvalue weighted by Gasteiger charge is -2.32. The third kappa shape index (κ3) is 5.19. The first kappa shape index (κ1) is 20.7. The number of ether oxygens (including phenoxy) is 1. The zero-order chi connectivity index (χ0) is 19.8. The van der Waals surface area contributed by atoms with Crippen molar-refractivity contribution in [1.29, 1.82) is 0 Å². The largest absolute Gasteiger partial charge is 0.496 e. The lowest BCUT2D eigenvalue weighted by Crippen LogP contribution is -2.49. The van der Waals surface area contributed by atoms with E-state index in [1.54, 1.807) is 14.2 Å². The van der Waals surface area contributed by atoms with Gasteiger partial charge in [-0.1, -0.05) is 18.2 Å². The number of nitrogens with one attached hydrogen (secondary N) is 3. The summed E-state index contributed by atoms with van der Waals surface area (Å²) in [5.41, 5.74) is 0.734. The van der Waals surface area contributed by atoms with Crippen molar-refractivity contribution in [2.24, 2.45) is 0 Å². The molecule has 1 aliphatic heterocycles. The van der Waals surface area contributed by atoms with Gasteiger partial charge in [-0.15, -0.1) is 0 Å². The van der Waals surface area contributed by atoms with Crippen LogP contribution in [0.2, 0.25) is 0 Å². The lowest BCUT2D eigenvalue weighted by atomic mass is 10.0. The maximum atomic E-state index is 12.7. The highest BCUT2D eigenvalue weighted by atomic mass is 16.5. The highest BCUT2D eigenvalue weighted by Crippen LogP contribution is 2.34. The fourth-order valence-corrected chi connectivity index (χ4v) is 3.42. The Morgan fingerprint density at radius 1 is 1.22 bits per heavy atom. The molecule has 0 aliphatic carbocycles. The number of nitrogens with zero attached hydrogens (tertiary/aromatic N) is 1. The zero-order valence-corrected chi connectivity index (χ0v) is 16.1. The highest BCUT2D eigenvalue weighted by molar-refractivity contribution is 5.87. The summed E-state index contributed by atoms with van der Waals surface area (Å²) in [5.74, 6) is 0.157. The van der Waals surface area contributed by atoms with Crippen molar-refractivity contribution in [1.82, 2.24) is 20.9 Å². The Balaban J connectivity index is 2.18. The van der Waals surface area contributed by atoms with E-state index < -0.39 is 12.1 Å². The van der Waals surface area contributed by atoms with Gasteiger partial charge in [0.2, 0.25) is 17.7 Å². The van der Waals surface area contributed by atoms with Crippen LogP contribution in [0.25, 0.3) is 0 Å². The van der Waals surface area contributed by atoms with Crippen LogP contribution in [0.1, 0.15) is 31.4 Å². The van der Waals surface area contributed by atoms with Gasteiger partial charge in [0.05, 0.1) is 13.2 Å². The molecule has 1 saturated heterocycles. The maximum Gasteiger partial charge on any atom is 0.241 e.